The van der Waals surface area contributed by atoms with Gasteiger partial charge in [0.05, 0.1) is 17.5 Å². The van der Waals surface area contributed by atoms with Gasteiger partial charge in [-0.15, -0.1) is 0 Å². The highest BCUT2D eigenvalue weighted by atomic mass is 16.4. The highest BCUT2D eigenvalue weighted by molar-refractivity contribution is 6.22. The molecule has 1 aromatic heterocycles. The van der Waals surface area contributed by atoms with Crippen LogP contribution >= 0.6 is 0 Å². The minimum absolute atomic E-state index is 0.171. The summed E-state index contributed by atoms with van der Waals surface area (Å²) in [6, 6.07) is 2.75. The van der Waals surface area contributed by atoms with Crippen LogP contribution < -0.4 is 4.90 Å². The van der Waals surface area contributed by atoms with E-state index < -0.39 is 5.97 Å². The van der Waals surface area contributed by atoms with Crippen LogP contribution in [-0.2, 0) is 9.59 Å². The molecule has 1 saturated heterocycles. The topological polar surface area (TPSA) is 87.6 Å². The Morgan fingerprint density at radius 1 is 1.26 bits per heavy atom. The number of carbonyl (C=O) groups is 3. The number of carboxylic acid groups (broad SMARTS) is 1. The van der Waals surface area contributed by atoms with Crippen molar-refractivity contribution >= 4 is 23.5 Å². The molecule has 0 radical (unpaired) electrons. The van der Waals surface area contributed by atoms with E-state index in [1.807, 2.05) is 0 Å². The summed E-state index contributed by atoms with van der Waals surface area (Å²) >= 11 is 0. The number of fused-ring (bicyclic) bond motifs is 1. The van der Waals surface area contributed by atoms with Gasteiger partial charge in [-0.25, -0.2) is 14.7 Å². The molecule has 3 rings (SSSR count). The van der Waals surface area contributed by atoms with Gasteiger partial charge in [0.1, 0.15) is 5.69 Å². The van der Waals surface area contributed by atoms with Gasteiger partial charge in [-0.3, -0.25) is 9.59 Å². The summed E-state index contributed by atoms with van der Waals surface area (Å²) in [4.78, 5) is 40.1. The Kier molecular flexibility index (Phi) is 2.58. The highest BCUT2D eigenvalue weighted by Gasteiger charge is 2.50. The summed E-state index contributed by atoms with van der Waals surface area (Å²) < 4.78 is 0. The molecule has 6 heteroatoms. The van der Waals surface area contributed by atoms with Gasteiger partial charge in [0.15, 0.2) is 0 Å². The molecule has 6 nitrogen and oxygen atoms in total. The monoisotopic (exact) mass is 260 g/mol. The fourth-order valence-corrected chi connectivity index (χ4v) is 2.92. The molecule has 0 spiro atoms. The number of pyridine rings is 1. The first-order valence-electron chi connectivity index (χ1n) is 6.17. The number of aromatic nitrogens is 1. The van der Waals surface area contributed by atoms with Gasteiger partial charge < -0.3 is 5.11 Å². The quantitative estimate of drug-likeness (QED) is 0.803. The fraction of sp³-hybridized carbons (Fsp3) is 0.385. The molecular formula is C13H12N2O4. The molecule has 2 fully saturated rings. The minimum Gasteiger partial charge on any atom is -0.477 e. The van der Waals surface area contributed by atoms with E-state index in [0.29, 0.717) is 5.69 Å². The van der Waals surface area contributed by atoms with Crippen molar-refractivity contribution in [3.05, 3.63) is 24.0 Å². The molecule has 2 aliphatic rings. The predicted octanol–water partition coefficient (Wildman–Crippen LogP) is 1.07. The minimum atomic E-state index is -1.18. The third kappa shape index (κ3) is 1.71. The molecule has 2 unspecified atom stereocenters. The van der Waals surface area contributed by atoms with Crippen molar-refractivity contribution in [3.63, 3.8) is 0 Å². The first kappa shape index (κ1) is 11.8. The normalized spacial score (nSPS) is 25.8. The Balaban J connectivity index is 1.98. The van der Waals surface area contributed by atoms with E-state index in [4.69, 9.17) is 5.11 Å². The second-order valence-corrected chi connectivity index (χ2v) is 4.86. The van der Waals surface area contributed by atoms with Gasteiger partial charge in [0, 0.05) is 6.20 Å². The van der Waals surface area contributed by atoms with E-state index in [1.165, 1.54) is 18.3 Å². The maximum Gasteiger partial charge on any atom is 0.354 e. The zero-order valence-electron chi connectivity index (χ0n) is 10.1. The Labute approximate surface area is 109 Å². The van der Waals surface area contributed by atoms with Crippen molar-refractivity contribution in [3.8, 4) is 0 Å². The summed E-state index contributed by atoms with van der Waals surface area (Å²) in [6.07, 6.45) is 3.68. The molecule has 2 atom stereocenters. The lowest BCUT2D eigenvalue weighted by Gasteiger charge is -2.15. The summed E-state index contributed by atoms with van der Waals surface area (Å²) in [7, 11) is 0. The highest BCUT2D eigenvalue weighted by Crippen LogP contribution is 2.41. The van der Waals surface area contributed by atoms with Gasteiger partial charge in [-0.2, -0.15) is 0 Å². The third-order valence-electron chi connectivity index (χ3n) is 3.81. The van der Waals surface area contributed by atoms with E-state index >= 15 is 0 Å². The van der Waals surface area contributed by atoms with Crippen LogP contribution in [0.4, 0.5) is 5.69 Å². The maximum atomic E-state index is 12.2. The van der Waals surface area contributed by atoms with Crippen molar-refractivity contribution in [2.24, 2.45) is 11.8 Å². The van der Waals surface area contributed by atoms with Crippen molar-refractivity contribution in [1.82, 2.24) is 4.98 Å². The van der Waals surface area contributed by atoms with Gasteiger partial charge in [-0.05, 0) is 25.0 Å². The largest absolute Gasteiger partial charge is 0.477 e. The number of aromatic carboxylic acids is 1. The van der Waals surface area contributed by atoms with Crippen LogP contribution in [-0.4, -0.2) is 27.9 Å². The Hall–Kier alpha value is -2.24. The number of anilines is 1. The van der Waals surface area contributed by atoms with Crippen LogP contribution in [0.1, 0.15) is 29.8 Å². The van der Waals surface area contributed by atoms with Crippen LogP contribution in [0.25, 0.3) is 0 Å². The van der Waals surface area contributed by atoms with Crippen molar-refractivity contribution < 1.29 is 19.5 Å². The number of hydrogen-bond acceptors (Lipinski definition) is 4. The Bertz CT molecular complexity index is 562. The lowest BCUT2D eigenvalue weighted by molar-refractivity contribution is -0.122. The molecule has 1 N–H and O–H groups in total. The van der Waals surface area contributed by atoms with Crippen molar-refractivity contribution in [1.29, 1.82) is 0 Å². The molecule has 1 saturated carbocycles. The van der Waals surface area contributed by atoms with Crippen molar-refractivity contribution in [2.45, 2.75) is 19.3 Å². The first-order valence-corrected chi connectivity index (χ1v) is 6.17. The predicted molar refractivity (Wildman–Crippen MR) is 64.5 cm³/mol. The Morgan fingerprint density at radius 3 is 2.47 bits per heavy atom. The van der Waals surface area contributed by atoms with E-state index in [9.17, 15) is 14.4 Å². The summed E-state index contributed by atoms with van der Waals surface area (Å²) in [5, 5.41) is 8.89. The number of rotatable bonds is 2. The summed E-state index contributed by atoms with van der Waals surface area (Å²) in [6.45, 7) is 0. The first-order chi connectivity index (χ1) is 9.09. The van der Waals surface area contributed by atoms with Gasteiger partial charge >= 0.3 is 5.97 Å². The van der Waals surface area contributed by atoms with Crippen LogP contribution in [0.5, 0.6) is 0 Å². The van der Waals surface area contributed by atoms with Crippen LogP contribution in [0.3, 0.4) is 0 Å². The molecule has 2 amide bonds. The summed E-state index contributed by atoms with van der Waals surface area (Å²) in [5.41, 5.74) is 0.131. The molecular weight excluding hydrogens is 248 g/mol. The van der Waals surface area contributed by atoms with Gasteiger partial charge in [0.25, 0.3) is 0 Å². The molecule has 1 aromatic rings. The smallest absolute Gasteiger partial charge is 0.354 e. The second-order valence-electron chi connectivity index (χ2n) is 4.86. The molecule has 0 aromatic carbocycles. The lowest BCUT2D eigenvalue weighted by atomic mass is 10.00. The molecule has 0 bridgehead atoms. The van der Waals surface area contributed by atoms with Gasteiger partial charge in [0.2, 0.25) is 11.8 Å². The number of nitrogens with zero attached hydrogens (tertiary/aromatic N) is 2. The second kappa shape index (κ2) is 4.15. The number of amides is 2. The lowest BCUT2D eigenvalue weighted by Crippen LogP contribution is -2.31. The molecule has 1 aliphatic heterocycles. The SMILES string of the molecule is O=C(O)c1cc(N2C(=O)C3CCCC3C2=O)ccn1. The number of imide groups is 1. The summed E-state index contributed by atoms with van der Waals surface area (Å²) in [5.74, 6) is -2.06. The zero-order valence-corrected chi connectivity index (χ0v) is 10.1. The average molecular weight is 260 g/mol. The zero-order chi connectivity index (χ0) is 13.6. The van der Waals surface area contributed by atoms with Gasteiger partial charge in [-0.1, -0.05) is 6.42 Å². The van der Waals surface area contributed by atoms with Crippen LogP contribution in [0.2, 0.25) is 0 Å². The van der Waals surface area contributed by atoms with E-state index in [1.54, 1.807) is 0 Å². The van der Waals surface area contributed by atoms with Crippen LogP contribution in [0, 0.1) is 11.8 Å². The number of hydrogen-bond donors (Lipinski definition) is 1. The standard InChI is InChI=1S/C13H12N2O4/c16-11-8-2-1-3-9(8)12(17)15(11)7-4-5-14-10(6-7)13(18)19/h4-6,8-9H,1-3H2,(H,18,19). The fourth-order valence-electron chi connectivity index (χ4n) is 2.92. The maximum absolute atomic E-state index is 12.2. The van der Waals surface area contributed by atoms with Crippen molar-refractivity contribution in [2.75, 3.05) is 4.90 Å². The number of carbonyl (C=O) groups excluding carboxylic acids is 2. The Morgan fingerprint density at radius 2 is 1.89 bits per heavy atom. The molecule has 98 valence electrons. The van der Waals surface area contributed by atoms with Crippen LogP contribution in [0.15, 0.2) is 18.3 Å². The van der Waals surface area contributed by atoms with E-state index in [0.717, 1.165) is 24.2 Å². The molecule has 1 aliphatic carbocycles. The average Bonchev–Trinajstić information content (AvgIpc) is 2.95. The van der Waals surface area contributed by atoms with E-state index in [-0.39, 0.29) is 29.3 Å². The molecule has 19 heavy (non-hydrogen) atoms. The number of carboxylic acids is 1. The van der Waals surface area contributed by atoms with E-state index in [2.05, 4.69) is 4.98 Å². The third-order valence-corrected chi connectivity index (χ3v) is 3.81. The molecule has 2 heterocycles.